The number of hydrogen-bond acceptors (Lipinski definition) is 4. The van der Waals surface area contributed by atoms with Crippen LogP contribution >= 0.6 is 0 Å². The molecule has 0 aliphatic heterocycles. The first-order chi connectivity index (χ1) is 9.13. The highest BCUT2D eigenvalue weighted by Crippen LogP contribution is 2.18. The van der Waals surface area contributed by atoms with E-state index < -0.39 is 27.7 Å². The molecule has 110 valence electrons. The van der Waals surface area contributed by atoms with E-state index in [1.807, 2.05) is 0 Å². The number of carboxylic acid groups (broad SMARTS) is 1. The number of aromatic carboxylic acids is 1. The largest absolute Gasteiger partial charge is 0.478 e. The number of nitrogens with one attached hydrogen (secondary N) is 1. The molecule has 0 spiro atoms. The molecule has 0 atom stereocenters. The summed E-state index contributed by atoms with van der Waals surface area (Å²) in [5.41, 5.74) is 0.908. The Hall–Kier alpha value is -1.93. The summed E-state index contributed by atoms with van der Waals surface area (Å²) in [6.07, 6.45) is 0. The predicted molar refractivity (Wildman–Crippen MR) is 73.2 cm³/mol. The van der Waals surface area contributed by atoms with Crippen LogP contribution in [0.5, 0.6) is 0 Å². The van der Waals surface area contributed by atoms with E-state index in [1.165, 1.54) is 0 Å². The second-order valence-electron chi connectivity index (χ2n) is 4.38. The second-order valence-corrected chi connectivity index (χ2v) is 6.11. The Morgan fingerprint density at radius 2 is 1.70 bits per heavy atom. The molecular formula is C12H16N2O5S. The van der Waals surface area contributed by atoms with Crippen LogP contribution in [0.15, 0.2) is 12.1 Å². The minimum absolute atomic E-state index is 0.0342. The second kappa shape index (κ2) is 6.02. The van der Waals surface area contributed by atoms with Gasteiger partial charge in [0.2, 0.25) is 10.0 Å². The lowest BCUT2D eigenvalue weighted by molar-refractivity contribution is 0.0690. The SMILES string of the molecule is Cc1ccc(C)c(C(=O)NCCS(N)(=O)=O)c1C(=O)O. The number of sulfonamides is 1. The molecule has 20 heavy (non-hydrogen) atoms. The van der Waals surface area contributed by atoms with Gasteiger partial charge in [0.25, 0.3) is 5.91 Å². The number of hydrogen-bond donors (Lipinski definition) is 3. The highest BCUT2D eigenvalue weighted by atomic mass is 32.2. The topological polar surface area (TPSA) is 127 Å². The van der Waals surface area contributed by atoms with E-state index in [0.29, 0.717) is 11.1 Å². The van der Waals surface area contributed by atoms with E-state index in [2.05, 4.69) is 5.32 Å². The average Bonchev–Trinajstić information content (AvgIpc) is 2.29. The van der Waals surface area contributed by atoms with E-state index in [9.17, 15) is 23.1 Å². The lowest BCUT2D eigenvalue weighted by atomic mass is 9.96. The fourth-order valence-electron chi connectivity index (χ4n) is 1.77. The molecule has 1 amide bonds. The van der Waals surface area contributed by atoms with Crippen molar-refractivity contribution in [2.24, 2.45) is 5.14 Å². The van der Waals surface area contributed by atoms with Gasteiger partial charge in [-0.2, -0.15) is 0 Å². The number of carboxylic acids is 1. The van der Waals surface area contributed by atoms with Crippen LogP contribution in [0.1, 0.15) is 31.8 Å². The molecule has 4 N–H and O–H groups in total. The maximum atomic E-state index is 12.0. The minimum Gasteiger partial charge on any atom is -0.478 e. The summed E-state index contributed by atoms with van der Waals surface area (Å²) in [6, 6.07) is 3.25. The van der Waals surface area contributed by atoms with Crippen molar-refractivity contribution in [3.8, 4) is 0 Å². The summed E-state index contributed by atoms with van der Waals surface area (Å²) in [5.74, 6) is -2.25. The smallest absolute Gasteiger partial charge is 0.336 e. The standard InChI is InChI=1S/C12H16N2O5S/c1-7-3-4-8(2)10(12(16)17)9(7)11(15)14-5-6-20(13,18)19/h3-4H,5-6H2,1-2H3,(H,14,15)(H,16,17)(H2,13,18,19). The number of carbonyl (C=O) groups is 2. The van der Waals surface area contributed by atoms with Crippen molar-refractivity contribution < 1.29 is 23.1 Å². The zero-order valence-corrected chi connectivity index (χ0v) is 12.0. The number of carbonyl (C=O) groups excluding carboxylic acids is 1. The third kappa shape index (κ3) is 4.04. The van der Waals surface area contributed by atoms with Crippen LogP contribution in [0.4, 0.5) is 0 Å². The van der Waals surface area contributed by atoms with Crippen LogP contribution in [-0.4, -0.2) is 37.7 Å². The average molecular weight is 300 g/mol. The predicted octanol–water partition coefficient (Wildman–Crippen LogP) is 0.0199. The van der Waals surface area contributed by atoms with Crippen LogP contribution in [0.2, 0.25) is 0 Å². The van der Waals surface area contributed by atoms with Crippen LogP contribution in [-0.2, 0) is 10.0 Å². The maximum Gasteiger partial charge on any atom is 0.336 e. The zero-order valence-electron chi connectivity index (χ0n) is 11.1. The van der Waals surface area contributed by atoms with Crippen LogP contribution in [0.3, 0.4) is 0 Å². The van der Waals surface area contributed by atoms with Gasteiger partial charge in [-0.25, -0.2) is 18.4 Å². The molecule has 0 aliphatic carbocycles. The first kappa shape index (κ1) is 16.1. The highest BCUT2D eigenvalue weighted by molar-refractivity contribution is 7.89. The lowest BCUT2D eigenvalue weighted by Crippen LogP contribution is -2.33. The van der Waals surface area contributed by atoms with Crippen LogP contribution in [0, 0.1) is 13.8 Å². The van der Waals surface area contributed by atoms with Crippen molar-refractivity contribution in [1.82, 2.24) is 5.32 Å². The molecule has 1 aromatic rings. The van der Waals surface area contributed by atoms with E-state index >= 15 is 0 Å². The highest BCUT2D eigenvalue weighted by Gasteiger charge is 2.21. The number of primary sulfonamides is 1. The van der Waals surface area contributed by atoms with Crippen molar-refractivity contribution in [2.45, 2.75) is 13.8 Å². The fourth-order valence-corrected chi connectivity index (χ4v) is 2.16. The van der Waals surface area contributed by atoms with E-state index in [0.717, 1.165) is 0 Å². The number of nitrogens with two attached hydrogens (primary N) is 1. The van der Waals surface area contributed by atoms with Gasteiger partial charge in [-0.3, -0.25) is 4.79 Å². The molecule has 0 unspecified atom stereocenters. The van der Waals surface area contributed by atoms with Crippen molar-refractivity contribution >= 4 is 21.9 Å². The molecule has 0 bridgehead atoms. The molecule has 0 saturated carbocycles. The van der Waals surface area contributed by atoms with Gasteiger partial charge < -0.3 is 10.4 Å². The fraction of sp³-hybridized carbons (Fsp3) is 0.333. The summed E-state index contributed by atoms with van der Waals surface area (Å²) in [4.78, 5) is 23.3. The Kier molecular flexibility index (Phi) is 4.85. The van der Waals surface area contributed by atoms with Gasteiger partial charge in [0.15, 0.2) is 0 Å². The van der Waals surface area contributed by atoms with Crippen molar-refractivity contribution in [2.75, 3.05) is 12.3 Å². The van der Waals surface area contributed by atoms with Gasteiger partial charge in [0, 0.05) is 6.54 Å². The van der Waals surface area contributed by atoms with E-state index in [4.69, 9.17) is 5.14 Å². The molecule has 0 saturated heterocycles. The molecular weight excluding hydrogens is 284 g/mol. The Labute approximate surface area is 116 Å². The van der Waals surface area contributed by atoms with Gasteiger partial charge in [-0.05, 0) is 25.0 Å². The summed E-state index contributed by atoms with van der Waals surface area (Å²) in [6.45, 7) is 3.02. The summed E-state index contributed by atoms with van der Waals surface area (Å²) >= 11 is 0. The van der Waals surface area contributed by atoms with E-state index in [-0.39, 0.29) is 17.7 Å². The van der Waals surface area contributed by atoms with Crippen LogP contribution in [0.25, 0.3) is 0 Å². The maximum absolute atomic E-state index is 12.0. The first-order valence-corrected chi connectivity index (χ1v) is 7.47. The Balaban J connectivity index is 3.04. The molecule has 0 aromatic heterocycles. The molecule has 0 fully saturated rings. The summed E-state index contributed by atoms with van der Waals surface area (Å²) in [7, 11) is -3.68. The zero-order chi connectivity index (χ0) is 15.5. The first-order valence-electron chi connectivity index (χ1n) is 5.75. The minimum atomic E-state index is -3.68. The van der Waals surface area contributed by atoms with Gasteiger partial charge in [0.1, 0.15) is 0 Å². The van der Waals surface area contributed by atoms with Gasteiger partial charge in [0.05, 0.1) is 16.9 Å². The molecule has 8 heteroatoms. The molecule has 0 heterocycles. The van der Waals surface area contributed by atoms with Crippen molar-refractivity contribution in [1.29, 1.82) is 0 Å². The number of rotatable bonds is 5. The van der Waals surface area contributed by atoms with Gasteiger partial charge >= 0.3 is 5.97 Å². The summed E-state index contributed by atoms with van der Waals surface area (Å²) < 4.78 is 21.6. The number of aryl methyl sites for hydroxylation is 2. The monoisotopic (exact) mass is 300 g/mol. The molecule has 0 aliphatic rings. The molecule has 0 radical (unpaired) electrons. The van der Waals surface area contributed by atoms with E-state index in [1.54, 1.807) is 26.0 Å². The van der Waals surface area contributed by atoms with Crippen LogP contribution < -0.4 is 10.5 Å². The third-order valence-corrected chi connectivity index (χ3v) is 3.51. The normalized spacial score (nSPS) is 11.2. The molecule has 7 nitrogen and oxygen atoms in total. The summed E-state index contributed by atoms with van der Waals surface area (Å²) in [5, 5.41) is 16.4. The molecule has 1 aromatic carbocycles. The van der Waals surface area contributed by atoms with Crippen molar-refractivity contribution in [3.05, 3.63) is 34.4 Å². The quantitative estimate of drug-likeness (QED) is 0.706. The Morgan fingerprint density at radius 1 is 1.20 bits per heavy atom. The Bertz CT molecular complexity index is 652. The Morgan fingerprint density at radius 3 is 2.15 bits per heavy atom. The van der Waals surface area contributed by atoms with Gasteiger partial charge in [-0.1, -0.05) is 12.1 Å². The number of benzene rings is 1. The van der Waals surface area contributed by atoms with Crippen molar-refractivity contribution in [3.63, 3.8) is 0 Å². The number of amides is 1. The lowest BCUT2D eigenvalue weighted by Gasteiger charge is -2.12. The molecule has 1 rings (SSSR count). The van der Waals surface area contributed by atoms with Gasteiger partial charge in [-0.15, -0.1) is 0 Å². The third-order valence-electron chi connectivity index (χ3n) is 2.74.